The Morgan fingerprint density at radius 2 is 0.716 bits per heavy atom. The molecule has 1 aromatic heterocycles. The van der Waals surface area contributed by atoms with Crippen molar-refractivity contribution in [3.63, 3.8) is 0 Å². The third-order valence-electron chi connectivity index (χ3n) is 14.8. The minimum Gasteiger partial charge on any atom is -0.135 e. The number of thiophene rings is 1. The van der Waals surface area contributed by atoms with Crippen LogP contribution in [0.25, 0.3) is 151 Å². The number of benzene rings is 14. The molecule has 14 aromatic carbocycles. The molecule has 0 radical (unpaired) electrons. The standard InChI is InChI=1S/C66H38S/c1-2-13-39(14-3-1)42-15-12-16-43(37-42)45-30-25-40-27-32-55-56(33-28-41-26-31-53(45)62(40)63(41)55)64-51-22-8-6-20-49(51)61(50-21-7-9-23-52(50)64)44-29-34-57-59(38-44)47-18-5-4-17-46(47)54-35-36-58-48-19-10-11-24-60(48)67-66(58)65(54)57/h1-38H. The first-order chi connectivity index (χ1) is 33.2. The van der Waals surface area contributed by atoms with Gasteiger partial charge in [-0.2, -0.15) is 0 Å². The fourth-order valence-electron chi connectivity index (χ4n) is 11.9. The summed E-state index contributed by atoms with van der Waals surface area (Å²) in [6.07, 6.45) is 0. The van der Waals surface area contributed by atoms with Crippen molar-refractivity contribution in [1.29, 1.82) is 0 Å². The van der Waals surface area contributed by atoms with E-state index < -0.39 is 0 Å². The zero-order valence-electron chi connectivity index (χ0n) is 36.3. The van der Waals surface area contributed by atoms with Crippen molar-refractivity contribution in [1.82, 2.24) is 0 Å². The molecule has 67 heavy (non-hydrogen) atoms. The molecule has 1 heterocycles. The normalized spacial score (nSPS) is 12.2. The smallest absolute Gasteiger partial charge is 0.0440 e. The van der Waals surface area contributed by atoms with E-state index in [-0.39, 0.29) is 0 Å². The van der Waals surface area contributed by atoms with Crippen molar-refractivity contribution in [2.45, 2.75) is 0 Å². The fourth-order valence-corrected chi connectivity index (χ4v) is 13.1. The van der Waals surface area contributed by atoms with E-state index in [4.69, 9.17) is 0 Å². The van der Waals surface area contributed by atoms with Crippen LogP contribution in [0, 0.1) is 0 Å². The van der Waals surface area contributed by atoms with Crippen LogP contribution in [0.1, 0.15) is 0 Å². The molecule has 0 amide bonds. The summed E-state index contributed by atoms with van der Waals surface area (Å²) < 4.78 is 2.70. The Hall–Kier alpha value is -8.36. The molecule has 15 rings (SSSR count). The van der Waals surface area contributed by atoms with Gasteiger partial charge in [-0.25, -0.2) is 0 Å². The Kier molecular flexibility index (Phi) is 7.75. The predicted octanol–water partition coefficient (Wildman–Crippen LogP) is 19.4. The lowest BCUT2D eigenvalue weighted by molar-refractivity contribution is 1.61. The molecule has 0 aliphatic heterocycles. The molecule has 0 fully saturated rings. The van der Waals surface area contributed by atoms with Crippen LogP contribution in [0.3, 0.4) is 0 Å². The Morgan fingerprint density at radius 1 is 0.224 bits per heavy atom. The maximum Gasteiger partial charge on any atom is 0.0440 e. The van der Waals surface area contributed by atoms with Crippen LogP contribution >= 0.6 is 11.3 Å². The van der Waals surface area contributed by atoms with Crippen molar-refractivity contribution in [2.75, 3.05) is 0 Å². The second-order valence-corrected chi connectivity index (χ2v) is 19.3. The lowest BCUT2D eigenvalue weighted by Crippen LogP contribution is -1.93. The summed E-state index contributed by atoms with van der Waals surface area (Å²) >= 11 is 1.92. The van der Waals surface area contributed by atoms with E-state index >= 15 is 0 Å². The Bertz CT molecular complexity index is 4500. The van der Waals surface area contributed by atoms with Crippen molar-refractivity contribution >= 4 is 118 Å². The number of hydrogen-bond donors (Lipinski definition) is 0. The molecule has 0 N–H and O–H groups in total. The first-order valence-corrected chi connectivity index (χ1v) is 24.1. The molecule has 1 heteroatoms. The highest BCUT2D eigenvalue weighted by Gasteiger charge is 2.22. The molecule has 0 atom stereocenters. The zero-order valence-corrected chi connectivity index (χ0v) is 37.2. The topological polar surface area (TPSA) is 0 Å². The largest absolute Gasteiger partial charge is 0.135 e. The van der Waals surface area contributed by atoms with Gasteiger partial charge in [0.2, 0.25) is 0 Å². The summed E-state index contributed by atoms with van der Waals surface area (Å²) in [5.74, 6) is 0. The molecule has 0 saturated carbocycles. The maximum atomic E-state index is 2.49. The van der Waals surface area contributed by atoms with Crippen molar-refractivity contribution in [2.24, 2.45) is 0 Å². The molecular weight excluding hydrogens is 825 g/mol. The van der Waals surface area contributed by atoms with E-state index in [2.05, 4.69) is 231 Å². The van der Waals surface area contributed by atoms with E-state index in [0.29, 0.717) is 0 Å². The van der Waals surface area contributed by atoms with Gasteiger partial charge in [0.15, 0.2) is 0 Å². The zero-order chi connectivity index (χ0) is 43.7. The Labute approximate surface area is 390 Å². The van der Waals surface area contributed by atoms with Gasteiger partial charge in [-0.15, -0.1) is 11.3 Å². The van der Waals surface area contributed by atoms with Gasteiger partial charge in [0.1, 0.15) is 0 Å². The van der Waals surface area contributed by atoms with Crippen LogP contribution < -0.4 is 0 Å². The summed E-state index contributed by atoms with van der Waals surface area (Å²) in [5, 5.41) is 23.3. The summed E-state index contributed by atoms with van der Waals surface area (Å²) in [5.41, 5.74) is 10.0. The lowest BCUT2D eigenvalue weighted by atomic mass is 9.82. The molecule has 15 aromatic rings. The van der Waals surface area contributed by atoms with Crippen LogP contribution in [0.5, 0.6) is 0 Å². The lowest BCUT2D eigenvalue weighted by Gasteiger charge is -2.21. The molecule has 0 aliphatic rings. The highest BCUT2D eigenvalue weighted by Crippen LogP contribution is 2.50. The SMILES string of the molecule is c1ccc(-c2cccc(-c3ccc4ccc5c(-c6c7ccccc7c(-c7ccc8c(c7)c7ccccc7c7ccc9c%10ccccc%10sc9c78)c7ccccc67)ccc6ccc3c4c65)c2)cc1. The number of hydrogen-bond acceptors (Lipinski definition) is 1. The van der Waals surface area contributed by atoms with Gasteiger partial charge < -0.3 is 0 Å². The first-order valence-electron chi connectivity index (χ1n) is 23.2. The molecule has 0 nitrogen and oxygen atoms in total. The summed E-state index contributed by atoms with van der Waals surface area (Å²) in [6.45, 7) is 0. The fraction of sp³-hybridized carbons (Fsp3) is 0. The summed E-state index contributed by atoms with van der Waals surface area (Å²) in [6, 6.07) is 86.5. The van der Waals surface area contributed by atoms with E-state index in [9.17, 15) is 0 Å². The first kappa shape index (κ1) is 36.9. The second-order valence-electron chi connectivity index (χ2n) is 18.2. The highest BCUT2D eigenvalue weighted by atomic mass is 32.1. The van der Waals surface area contributed by atoms with Gasteiger partial charge in [0.05, 0.1) is 0 Å². The molecule has 0 aliphatic carbocycles. The average molecular weight is 863 g/mol. The van der Waals surface area contributed by atoms with Gasteiger partial charge in [0.25, 0.3) is 0 Å². The number of fused-ring (bicyclic) bond motifs is 12. The van der Waals surface area contributed by atoms with E-state index in [1.165, 1.54) is 151 Å². The second kappa shape index (κ2) is 14.1. The van der Waals surface area contributed by atoms with Crippen LogP contribution in [0.4, 0.5) is 0 Å². The minimum absolute atomic E-state index is 1.23. The van der Waals surface area contributed by atoms with Crippen LogP contribution in [-0.4, -0.2) is 0 Å². The minimum atomic E-state index is 1.23. The average Bonchev–Trinajstić information content (AvgIpc) is 3.78. The molecule has 0 spiro atoms. The molecule has 0 bridgehead atoms. The van der Waals surface area contributed by atoms with Gasteiger partial charge in [-0.3, -0.25) is 0 Å². The van der Waals surface area contributed by atoms with Crippen molar-refractivity contribution in [3.05, 3.63) is 231 Å². The monoisotopic (exact) mass is 862 g/mol. The van der Waals surface area contributed by atoms with Gasteiger partial charge in [-0.05, 0) is 144 Å². The van der Waals surface area contributed by atoms with E-state index in [1.807, 2.05) is 11.3 Å². The number of rotatable bonds is 4. The van der Waals surface area contributed by atoms with Gasteiger partial charge >= 0.3 is 0 Å². The summed E-state index contributed by atoms with van der Waals surface area (Å²) in [7, 11) is 0. The van der Waals surface area contributed by atoms with Crippen molar-refractivity contribution < 1.29 is 0 Å². The quantitative estimate of drug-likeness (QED) is 0.122. The Morgan fingerprint density at radius 3 is 1.43 bits per heavy atom. The van der Waals surface area contributed by atoms with E-state index in [1.54, 1.807) is 0 Å². The van der Waals surface area contributed by atoms with E-state index in [0.717, 1.165) is 0 Å². The summed E-state index contributed by atoms with van der Waals surface area (Å²) in [4.78, 5) is 0. The van der Waals surface area contributed by atoms with Gasteiger partial charge in [-0.1, -0.05) is 212 Å². The maximum absolute atomic E-state index is 2.49. The molecule has 0 unspecified atom stereocenters. The van der Waals surface area contributed by atoms with Crippen LogP contribution in [0.2, 0.25) is 0 Å². The molecular formula is C66H38S. The Balaban J connectivity index is 0.975. The third-order valence-corrected chi connectivity index (χ3v) is 16.0. The third kappa shape index (κ3) is 5.29. The van der Waals surface area contributed by atoms with Crippen LogP contribution in [-0.2, 0) is 0 Å². The highest BCUT2D eigenvalue weighted by molar-refractivity contribution is 7.26. The predicted molar refractivity (Wildman–Crippen MR) is 292 cm³/mol. The van der Waals surface area contributed by atoms with Crippen LogP contribution in [0.15, 0.2) is 231 Å². The molecule has 0 saturated heterocycles. The van der Waals surface area contributed by atoms with Gasteiger partial charge in [0, 0.05) is 25.6 Å². The molecule has 308 valence electrons. The van der Waals surface area contributed by atoms with Crippen molar-refractivity contribution in [3.8, 4) is 44.5 Å².